The van der Waals surface area contributed by atoms with Crippen molar-refractivity contribution in [1.82, 2.24) is 0 Å². The monoisotopic (exact) mass is 802 g/mol. The molecule has 0 aromatic heterocycles. The number of hydrogen-bond donors (Lipinski definition) is 0. The van der Waals surface area contributed by atoms with Crippen molar-refractivity contribution in [3.8, 4) is 23.0 Å². The summed E-state index contributed by atoms with van der Waals surface area (Å²) in [6, 6.07) is 31.3. The lowest BCUT2D eigenvalue weighted by Gasteiger charge is -2.36. The molecule has 2 heterocycles. The Morgan fingerprint density at radius 2 is 0.650 bits per heavy atom. The molecule has 4 saturated carbocycles. The van der Waals surface area contributed by atoms with E-state index >= 15 is 0 Å². The van der Waals surface area contributed by atoms with E-state index in [1.807, 2.05) is 24.3 Å². The molecule has 0 unspecified atom stereocenters. The van der Waals surface area contributed by atoms with Gasteiger partial charge in [-0.05, 0) is 122 Å². The second-order valence-corrected chi connectivity index (χ2v) is 18.0. The first-order chi connectivity index (χ1) is 29.7. The first-order valence-corrected chi connectivity index (χ1v) is 23.3. The summed E-state index contributed by atoms with van der Waals surface area (Å²) in [5.74, 6) is 1.81. The molecule has 1 spiro atoms. The number of nitrogens with zero attached hydrogens (tertiary/aromatic N) is 4. The van der Waals surface area contributed by atoms with Crippen LogP contribution in [0.4, 0.5) is 22.7 Å². The van der Waals surface area contributed by atoms with Gasteiger partial charge in [0.1, 0.15) is 40.5 Å². The van der Waals surface area contributed by atoms with Crippen molar-refractivity contribution in [2.24, 2.45) is 20.0 Å². The molecule has 0 saturated heterocycles. The molecular weight excluding hydrogens is 745 g/mol. The van der Waals surface area contributed by atoms with E-state index in [4.69, 9.17) is 38.9 Å². The minimum Gasteiger partial charge on any atom is -0.479 e. The maximum atomic E-state index is 7.32. The third kappa shape index (κ3) is 8.17. The summed E-state index contributed by atoms with van der Waals surface area (Å²) in [6.45, 7) is -0.121. The average Bonchev–Trinajstić information content (AvgIpc) is 3.33. The highest BCUT2D eigenvalue weighted by molar-refractivity contribution is 5.72. The molecule has 8 heteroatoms. The Hall–Kier alpha value is -5.16. The summed E-state index contributed by atoms with van der Waals surface area (Å²) < 4.78 is 28.9. The third-order valence-corrected chi connectivity index (χ3v) is 14.1. The Balaban J connectivity index is 1.18. The van der Waals surface area contributed by atoms with Gasteiger partial charge < -0.3 is 18.9 Å². The van der Waals surface area contributed by atoms with Crippen molar-refractivity contribution in [2.75, 3.05) is 6.61 Å². The van der Waals surface area contributed by atoms with E-state index in [0.717, 1.165) is 73.7 Å². The highest BCUT2D eigenvalue weighted by Gasteiger charge is 2.44. The van der Waals surface area contributed by atoms with Crippen molar-refractivity contribution in [2.45, 2.75) is 158 Å². The van der Waals surface area contributed by atoms with Crippen LogP contribution in [0, 0.1) is 0 Å². The lowest BCUT2D eigenvalue weighted by atomic mass is 9.83. The fourth-order valence-electron chi connectivity index (χ4n) is 11.0. The zero-order valence-electron chi connectivity index (χ0n) is 35.0. The fourth-order valence-corrected chi connectivity index (χ4v) is 11.0. The molecule has 0 bridgehead atoms. The molecule has 4 aliphatic carbocycles. The zero-order valence-corrected chi connectivity index (χ0v) is 35.0. The van der Waals surface area contributed by atoms with E-state index in [2.05, 4.69) is 60.5 Å². The van der Waals surface area contributed by atoms with Crippen molar-refractivity contribution in [1.29, 1.82) is 0 Å². The first kappa shape index (κ1) is 39.0. The highest BCUT2D eigenvalue weighted by atomic mass is 16.9. The van der Waals surface area contributed by atoms with Crippen LogP contribution in [0.5, 0.6) is 23.0 Å². The van der Waals surface area contributed by atoms with Crippen molar-refractivity contribution >= 4 is 34.8 Å². The van der Waals surface area contributed by atoms with Crippen LogP contribution in [0.1, 0.15) is 174 Å². The lowest BCUT2D eigenvalue weighted by molar-refractivity contribution is -0.266. The topological polar surface area (TPSA) is 86.4 Å². The first-order valence-electron chi connectivity index (χ1n) is 23.3. The Morgan fingerprint density at radius 3 is 0.967 bits per heavy atom. The van der Waals surface area contributed by atoms with Gasteiger partial charge in [0.05, 0.1) is 0 Å². The Bertz CT molecular complexity index is 2220. The van der Waals surface area contributed by atoms with E-state index < -0.39 is 5.97 Å². The predicted molar refractivity (Wildman–Crippen MR) is 238 cm³/mol. The molecule has 2 aliphatic heterocycles. The zero-order chi connectivity index (χ0) is 40.1. The second-order valence-electron chi connectivity index (χ2n) is 18.0. The Labute approximate surface area is 355 Å². The summed E-state index contributed by atoms with van der Waals surface area (Å²) >= 11 is 0. The molecule has 0 amide bonds. The van der Waals surface area contributed by atoms with Crippen LogP contribution in [0.15, 0.2) is 92.8 Å². The van der Waals surface area contributed by atoms with Crippen LogP contribution in [0.3, 0.4) is 0 Å². The van der Waals surface area contributed by atoms with E-state index in [-0.39, 0.29) is 6.61 Å². The molecule has 4 aromatic carbocycles. The fraction of sp³-hybridized carbons (Fsp3) is 0.500. The maximum absolute atomic E-state index is 7.32. The van der Waals surface area contributed by atoms with Crippen molar-refractivity contribution in [3.63, 3.8) is 0 Å². The van der Waals surface area contributed by atoms with Crippen LogP contribution >= 0.6 is 0 Å². The van der Waals surface area contributed by atoms with Gasteiger partial charge in [0.25, 0.3) is 0 Å². The van der Waals surface area contributed by atoms with E-state index in [0.29, 0.717) is 63.7 Å². The highest BCUT2D eigenvalue weighted by Crippen LogP contribution is 2.50. The van der Waals surface area contributed by atoms with E-state index in [9.17, 15) is 0 Å². The number of ether oxygens (including phenoxy) is 4. The van der Waals surface area contributed by atoms with Gasteiger partial charge in [-0.2, -0.15) is 20.0 Å². The quantitative estimate of drug-likeness (QED) is 0.206. The number of benzene rings is 4. The Kier molecular flexibility index (Phi) is 11.6. The molecule has 60 heavy (non-hydrogen) atoms. The summed E-state index contributed by atoms with van der Waals surface area (Å²) in [6.07, 6.45) is 23.5. The van der Waals surface area contributed by atoms with Gasteiger partial charge in [-0.15, -0.1) is 0 Å². The average molecular weight is 803 g/mol. The molecule has 10 rings (SSSR count). The van der Waals surface area contributed by atoms with E-state index in [1.165, 1.54) is 82.6 Å². The molecule has 6 aliphatic rings. The normalized spacial score (nSPS) is 22.8. The van der Waals surface area contributed by atoms with Gasteiger partial charge in [0.2, 0.25) is 6.61 Å². The molecule has 8 nitrogen and oxygen atoms in total. The van der Waals surface area contributed by atoms with Crippen LogP contribution in [-0.2, 0) is 0 Å². The van der Waals surface area contributed by atoms with Gasteiger partial charge in [0, 0.05) is 0 Å². The summed E-state index contributed by atoms with van der Waals surface area (Å²) in [4.78, 5) is 20.2. The number of aliphatic imine (C=N–C) groups is 4. The lowest BCUT2D eigenvalue weighted by Crippen LogP contribution is -2.53. The largest absolute Gasteiger partial charge is 0.479 e. The van der Waals surface area contributed by atoms with Crippen LogP contribution in [0.2, 0.25) is 0 Å². The second kappa shape index (κ2) is 17.8. The van der Waals surface area contributed by atoms with E-state index in [1.54, 1.807) is 0 Å². The molecule has 4 fully saturated rings. The maximum Gasteiger partial charge on any atom is 0.454 e. The SMILES string of the molecule is C1=Nc2c(cccc2C2CCCCC2)OCC2(Oc3cccc(C4CCCCC4)c3N=1)Oc1cccc(C3CCCCC3)c1N=C=Nc1c(cccc1C1CCCCC1)O2. The van der Waals surface area contributed by atoms with Crippen LogP contribution < -0.4 is 18.9 Å². The number of para-hydroxylation sites is 4. The van der Waals surface area contributed by atoms with Crippen LogP contribution in [0.25, 0.3) is 0 Å². The minimum absolute atomic E-state index is 0.121. The third-order valence-electron chi connectivity index (χ3n) is 14.1. The molecular formula is C52H58N4O4. The summed E-state index contributed by atoms with van der Waals surface area (Å²) in [5.41, 5.74) is 7.49. The van der Waals surface area contributed by atoms with Crippen molar-refractivity contribution in [3.05, 3.63) is 95.1 Å². The van der Waals surface area contributed by atoms with Gasteiger partial charge in [-0.1, -0.05) is 126 Å². The van der Waals surface area contributed by atoms with Gasteiger partial charge in [-0.3, -0.25) is 0 Å². The molecule has 0 atom stereocenters. The number of fused-ring (bicyclic) bond motifs is 4. The van der Waals surface area contributed by atoms with Gasteiger partial charge >= 0.3 is 5.97 Å². The number of rotatable bonds is 4. The smallest absolute Gasteiger partial charge is 0.454 e. The molecule has 310 valence electrons. The standard InChI is InChI=1S/C52H58N4O4/c1-5-17-36(18-6-1)40-25-13-29-44-48(40)53-34-54-49-41(37-19-7-2-8-20-37)26-14-30-45(49)58-52(33-57-44)59-46-31-15-27-42(38-21-9-3-10-22-38)50(46)55-35-56-51-43(28-16-32-47(51)60-52)39-23-11-4-12-24-39/h13-16,25-32,36-39H,1-12,17-24,33H2. The van der Waals surface area contributed by atoms with Gasteiger partial charge in [-0.25, -0.2) is 0 Å². The molecule has 0 radical (unpaired) electrons. The molecule has 4 aromatic rings. The van der Waals surface area contributed by atoms with Crippen molar-refractivity contribution < 1.29 is 18.9 Å². The summed E-state index contributed by atoms with van der Waals surface area (Å²) in [5, 5.41) is 0. The number of hydrogen-bond acceptors (Lipinski definition) is 8. The summed E-state index contributed by atoms with van der Waals surface area (Å²) in [7, 11) is 0. The van der Waals surface area contributed by atoms with Gasteiger partial charge in [0.15, 0.2) is 17.2 Å². The van der Waals surface area contributed by atoms with Crippen LogP contribution in [-0.4, -0.2) is 24.6 Å². The minimum atomic E-state index is -1.85. The Morgan fingerprint density at radius 1 is 0.367 bits per heavy atom. The predicted octanol–water partition coefficient (Wildman–Crippen LogP) is 15.0. The molecule has 0 N–H and O–H groups in total.